The Morgan fingerprint density at radius 2 is 1.65 bits per heavy atom. The second-order valence-electron chi connectivity index (χ2n) is 7.75. The minimum atomic E-state index is -0.0946. The van der Waals surface area contributed by atoms with E-state index in [1.807, 2.05) is 38.1 Å². The lowest BCUT2D eigenvalue weighted by Gasteiger charge is -2.35. The smallest absolute Gasteiger partial charge is 0.260 e. The molecule has 0 radical (unpaired) electrons. The fourth-order valence-electron chi connectivity index (χ4n) is 3.75. The maximum absolute atomic E-state index is 13.3. The number of hydrogen-bond donors (Lipinski definition) is 0. The van der Waals surface area contributed by atoms with Crippen LogP contribution < -0.4 is 4.74 Å². The number of amides is 2. The fraction of sp³-hybridized carbons (Fsp3) is 0.292. The number of hydrogen-bond acceptors (Lipinski definition) is 4. The van der Waals surface area contributed by atoms with Gasteiger partial charge in [-0.25, -0.2) is 0 Å². The number of fused-ring (bicyclic) bond motifs is 1. The van der Waals surface area contributed by atoms with Crippen LogP contribution in [0.3, 0.4) is 0 Å². The molecule has 0 bridgehead atoms. The summed E-state index contributed by atoms with van der Waals surface area (Å²) >= 11 is 5.86. The summed E-state index contributed by atoms with van der Waals surface area (Å²) in [6, 6.07) is 14.7. The molecular weight excluding hydrogens is 414 g/mol. The average molecular weight is 438 g/mol. The number of ether oxygens (including phenoxy) is 1. The molecule has 1 aliphatic heterocycles. The van der Waals surface area contributed by atoms with E-state index in [0.717, 1.165) is 22.2 Å². The summed E-state index contributed by atoms with van der Waals surface area (Å²) in [5, 5.41) is 1.48. The summed E-state index contributed by atoms with van der Waals surface area (Å²) in [6.07, 6.45) is 0. The van der Waals surface area contributed by atoms with Crippen molar-refractivity contribution in [3.63, 3.8) is 0 Å². The zero-order valence-electron chi connectivity index (χ0n) is 17.6. The predicted molar refractivity (Wildman–Crippen MR) is 121 cm³/mol. The Morgan fingerprint density at radius 3 is 2.35 bits per heavy atom. The number of nitrogens with zero attached hydrogens (tertiary/aromatic N) is 3. The van der Waals surface area contributed by atoms with Crippen LogP contribution in [0, 0.1) is 13.8 Å². The third kappa shape index (κ3) is 4.80. The van der Waals surface area contributed by atoms with Gasteiger partial charge < -0.3 is 14.5 Å². The van der Waals surface area contributed by atoms with Crippen molar-refractivity contribution in [1.29, 1.82) is 0 Å². The standard InChI is InChI=1S/C24H24ClN3O3/c1-16-3-8-22-20(13-16)21(14-17(2)26-22)24(30)28-11-9-27(10-12-28)23(29)15-31-19-6-4-18(25)5-7-19/h3-8,13-14H,9-12,15H2,1-2H3. The number of halogens is 1. The number of carbonyl (C=O) groups excluding carboxylic acids is 2. The largest absolute Gasteiger partial charge is 0.484 e. The average Bonchev–Trinajstić information content (AvgIpc) is 2.78. The van der Waals surface area contributed by atoms with Gasteiger partial charge in [0, 0.05) is 42.3 Å². The van der Waals surface area contributed by atoms with Gasteiger partial charge in [0.05, 0.1) is 11.1 Å². The van der Waals surface area contributed by atoms with Crippen molar-refractivity contribution in [2.45, 2.75) is 13.8 Å². The lowest BCUT2D eigenvalue weighted by Crippen LogP contribution is -2.51. The van der Waals surface area contributed by atoms with Crippen molar-refractivity contribution in [1.82, 2.24) is 14.8 Å². The summed E-state index contributed by atoms with van der Waals surface area (Å²) in [6.45, 7) is 5.80. The molecule has 1 aliphatic rings. The Morgan fingerprint density at radius 1 is 0.968 bits per heavy atom. The zero-order chi connectivity index (χ0) is 22.0. The van der Waals surface area contributed by atoms with E-state index in [9.17, 15) is 9.59 Å². The Kier molecular flexibility index (Phi) is 6.09. The SMILES string of the molecule is Cc1ccc2nc(C)cc(C(=O)N3CCN(C(=O)COc4ccc(Cl)cc4)CC3)c2c1. The van der Waals surface area contributed by atoms with E-state index >= 15 is 0 Å². The summed E-state index contributed by atoms with van der Waals surface area (Å²) in [5.74, 6) is 0.482. The highest BCUT2D eigenvalue weighted by Crippen LogP contribution is 2.22. The van der Waals surface area contributed by atoms with Gasteiger partial charge in [0.1, 0.15) is 5.75 Å². The molecule has 2 amide bonds. The summed E-state index contributed by atoms with van der Waals surface area (Å²) in [7, 11) is 0. The normalized spacial score (nSPS) is 14.0. The van der Waals surface area contributed by atoms with E-state index in [1.165, 1.54) is 0 Å². The highest BCUT2D eigenvalue weighted by Gasteiger charge is 2.26. The van der Waals surface area contributed by atoms with Crippen LogP contribution in [-0.2, 0) is 4.79 Å². The van der Waals surface area contributed by atoms with Gasteiger partial charge in [-0.3, -0.25) is 14.6 Å². The molecule has 31 heavy (non-hydrogen) atoms. The van der Waals surface area contributed by atoms with Crippen molar-refractivity contribution < 1.29 is 14.3 Å². The lowest BCUT2D eigenvalue weighted by atomic mass is 10.0. The van der Waals surface area contributed by atoms with E-state index in [4.69, 9.17) is 16.3 Å². The van der Waals surface area contributed by atoms with Crippen LogP contribution in [0.2, 0.25) is 5.02 Å². The molecule has 1 saturated heterocycles. The van der Waals surface area contributed by atoms with Crippen molar-refractivity contribution in [2.75, 3.05) is 32.8 Å². The van der Waals surface area contributed by atoms with Crippen molar-refractivity contribution in [3.05, 3.63) is 70.4 Å². The molecule has 0 unspecified atom stereocenters. The van der Waals surface area contributed by atoms with Crippen LogP contribution >= 0.6 is 11.6 Å². The first kappa shape index (κ1) is 21.1. The summed E-state index contributed by atoms with van der Waals surface area (Å²) in [4.78, 5) is 33.8. The third-order valence-corrected chi connectivity index (χ3v) is 5.67. The molecule has 7 heteroatoms. The Labute approximate surface area is 186 Å². The Bertz CT molecular complexity index is 1120. The molecule has 0 atom stereocenters. The van der Waals surface area contributed by atoms with Crippen molar-refractivity contribution in [2.24, 2.45) is 0 Å². The number of pyridine rings is 1. The Balaban J connectivity index is 1.39. The van der Waals surface area contributed by atoms with Gasteiger partial charge in [-0.15, -0.1) is 0 Å². The molecule has 0 spiro atoms. The lowest BCUT2D eigenvalue weighted by molar-refractivity contribution is -0.134. The summed E-state index contributed by atoms with van der Waals surface area (Å²) < 4.78 is 5.55. The van der Waals surface area contributed by atoms with Crippen LogP contribution in [0.5, 0.6) is 5.75 Å². The number of aryl methyl sites for hydroxylation is 2. The molecule has 2 heterocycles. The van der Waals surface area contributed by atoms with Crippen LogP contribution in [0.1, 0.15) is 21.6 Å². The first-order valence-electron chi connectivity index (χ1n) is 10.2. The highest BCUT2D eigenvalue weighted by molar-refractivity contribution is 6.30. The molecular formula is C24H24ClN3O3. The van der Waals surface area contributed by atoms with Crippen LogP contribution in [0.25, 0.3) is 10.9 Å². The molecule has 3 aromatic rings. The van der Waals surface area contributed by atoms with Gasteiger partial charge in [0.15, 0.2) is 6.61 Å². The first-order valence-corrected chi connectivity index (χ1v) is 10.6. The second kappa shape index (κ2) is 8.94. The molecule has 0 aliphatic carbocycles. The quantitative estimate of drug-likeness (QED) is 0.621. The number of carbonyl (C=O) groups is 2. The van der Waals surface area contributed by atoms with Gasteiger partial charge in [-0.2, -0.15) is 0 Å². The number of piperazine rings is 1. The molecule has 1 fully saturated rings. The maximum Gasteiger partial charge on any atom is 0.260 e. The minimum Gasteiger partial charge on any atom is -0.484 e. The third-order valence-electron chi connectivity index (χ3n) is 5.42. The topological polar surface area (TPSA) is 62.7 Å². The predicted octanol–water partition coefficient (Wildman–Crippen LogP) is 3.87. The number of aromatic nitrogens is 1. The molecule has 2 aromatic carbocycles. The van der Waals surface area contributed by atoms with Gasteiger partial charge >= 0.3 is 0 Å². The van der Waals surface area contributed by atoms with Gasteiger partial charge in [-0.1, -0.05) is 23.2 Å². The van der Waals surface area contributed by atoms with E-state index in [-0.39, 0.29) is 18.4 Å². The highest BCUT2D eigenvalue weighted by atomic mass is 35.5. The molecule has 4 rings (SSSR count). The van der Waals surface area contributed by atoms with Crippen molar-refractivity contribution >= 4 is 34.3 Å². The molecule has 0 saturated carbocycles. The first-order chi connectivity index (χ1) is 14.9. The minimum absolute atomic E-state index is 0.0226. The molecule has 1 aromatic heterocycles. The van der Waals surface area contributed by atoms with Crippen LogP contribution in [0.15, 0.2) is 48.5 Å². The van der Waals surface area contributed by atoms with E-state index in [1.54, 1.807) is 34.1 Å². The zero-order valence-corrected chi connectivity index (χ0v) is 18.4. The number of rotatable bonds is 4. The van der Waals surface area contributed by atoms with E-state index in [0.29, 0.717) is 42.5 Å². The number of benzene rings is 2. The van der Waals surface area contributed by atoms with Crippen LogP contribution in [-0.4, -0.2) is 59.4 Å². The van der Waals surface area contributed by atoms with E-state index < -0.39 is 0 Å². The maximum atomic E-state index is 13.3. The second-order valence-corrected chi connectivity index (χ2v) is 8.18. The molecule has 0 N–H and O–H groups in total. The summed E-state index contributed by atoms with van der Waals surface area (Å²) in [5.41, 5.74) is 3.38. The fourth-order valence-corrected chi connectivity index (χ4v) is 3.87. The van der Waals surface area contributed by atoms with Crippen LogP contribution in [0.4, 0.5) is 0 Å². The molecule has 160 valence electrons. The van der Waals surface area contributed by atoms with Gasteiger partial charge in [0.25, 0.3) is 11.8 Å². The van der Waals surface area contributed by atoms with Crippen molar-refractivity contribution in [3.8, 4) is 5.75 Å². The monoisotopic (exact) mass is 437 g/mol. The van der Waals surface area contributed by atoms with Gasteiger partial charge in [0.2, 0.25) is 0 Å². The van der Waals surface area contributed by atoms with E-state index in [2.05, 4.69) is 4.98 Å². The molecule has 6 nitrogen and oxygen atoms in total. The van der Waals surface area contributed by atoms with Gasteiger partial charge in [-0.05, 0) is 56.3 Å². The Hall–Kier alpha value is -3.12.